The zero-order chi connectivity index (χ0) is 19.4. The summed E-state index contributed by atoms with van der Waals surface area (Å²) in [7, 11) is 0. The van der Waals surface area contributed by atoms with Crippen LogP contribution in [0.1, 0.15) is 21.7 Å². The van der Waals surface area contributed by atoms with Crippen LogP contribution < -0.4 is 4.74 Å². The Kier molecular flexibility index (Phi) is 6.19. The van der Waals surface area contributed by atoms with Crippen LogP contribution in [0.4, 0.5) is 0 Å². The monoisotopic (exact) mass is 399 g/mol. The van der Waals surface area contributed by atoms with Gasteiger partial charge in [0.25, 0.3) is 0 Å². The van der Waals surface area contributed by atoms with Crippen LogP contribution in [0.3, 0.4) is 0 Å². The lowest BCUT2D eigenvalue weighted by atomic mass is 10.2. The van der Waals surface area contributed by atoms with Crippen LogP contribution >= 0.6 is 23.1 Å². The largest absolute Gasteiger partial charge is 0.482 e. The molecule has 27 heavy (non-hydrogen) atoms. The van der Waals surface area contributed by atoms with Crippen LogP contribution in [0.2, 0.25) is 0 Å². The molecular weight excluding hydrogens is 378 g/mol. The molecule has 2 aromatic carbocycles. The fraction of sp³-hybridized carbons (Fsp3) is 0.238. The second-order valence-electron chi connectivity index (χ2n) is 6.29. The molecule has 0 saturated carbocycles. The van der Waals surface area contributed by atoms with Gasteiger partial charge in [-0.2, -0.15) is 0 Å². The lowest BCUT2D eigenvalue weighted by molar-refractivity contribution is -0.139. The van der Waals surface area contributed by atoms with E-state index in [4.69, 9.17) is 14.8 Å². The molecule has 0 aliphatic carbocycles. The Morgan fingerprint density at radius 3 is 2.56 bits per heavy atom. The van der Waals surface area contributed by atoms with Gasteiger partial charge in [-0.1, -0.05) is 29.8 Å². The number of hydrogen-bond donors (Lipinski definition) is 1. The Balaban J connectivity index is 1.67. The molecule has 0 aliphatic heterocycles. The highest BCUT2D eigenvalue weighted by molar-refractivity contribution is 7.98. The molecule has 3 rings (SSSR count). The summed E-state index contributed by atoms with van der Waals surface area (Å²) in [6.45, 7) is 5.74. The van der Waals surface area contributed by atoms with Crippen molar-refractivity contribution in [3.8, 4) is 16.3 Å². The molecule has 1 heterocycles. The molecule has 0 bridgehead atoms. The van der Waals surface area contributed by atoms with Crippen molar-refractivity contribution in [2.24, 2.45) is 0 Å². The van der Waals surface area contributed by atoms with Crippen LogP contribution in [0.15, 0.2) is 47.4 Å². The van der Waals surface area contributed by atoms with Gasteiger partial charge in [0.05, 0.1) is 5.69 Å². The predicted octanol–water partition coefficient (Wildman–Crippen LogP) is 5.49. The van der Waals surface area contributed by atoms with Crippen molar-refractivity contribution in [1.82, 2.24) is 4.98 Å². The minimum Gasteiger partial charge on any atom is -0.482 e. The summed E-state index contributed by atoms with van der Waals surface area (Å²) >= 11 is 3.48. The summed E-state index contributed by atoms with van der Waals surface area (Å²) < 4.78 is 5.28. The summed E-state index contributed by atoms with van der Waals surface area (Å²) in [5.74, 6) is 0.486. The van der Waals surface area contributed by atoms with Gasteiger partial charge in [0.15, 0.2) is 6.61 Å². The second kappa shape index (κ2) is 8.59. The highest BCUT2D eigenvalue weighted by Crippen LogP contribution is 2.34. The molecule has 0 aliphatic rings. The normalized spacial score (nSPS) is 10.8. The smallest absolute Gasteiger partial charge is 0.341 e. The Morgan fingerprint density at radius 1 is 1.15 bits per heavy atom. The maximum Gasteiger partial charge on any atom is 0.341 e. The standard InChI is InChI=1S/C21H21NO3S2/c1-13-4-6-16(7-5-13)21-22-15(3)19(27-21)12-26-17-8-9-18(14(2)10-17)25-11-20(23)24/h4-10H,11-12H2,1-3H3,(H,23,24). The van der Waals surface area contributed by atoms with Crippen molar-refractivity contribution in [3.05, 3.63) is 64.2 Å². The van der Waals surface area contributed by atoms with E-state index in [1.807, 2.05) is 25.1 Å². The van der Waals surface area contributed by atoms with E-state index in [1.54, 1.807) is 23.1 Å². The van der Waals surface area contributed by atoms with Gasteiger partial charge in [-0.3, -0.25) is 0 Å². The molecule has 0 spiro atoms. The topological polar surface area (TPSA) is 59.4 Å². The molecule has 0 saturated heterocycles. The third-order valence-electron chi connectivity index (χ3n) is 4.06. The lowest BCUT2D eigenvalue weighted by Gasteiger charge is -2.08. The Bertz CT molecular complexity index is 949. The molecule has 1 aromatic heterocycles. The molecule has 0 radical (unpaired) electrons. The maximum atomic E-state index is 10.6. The van der Waals surface area contributed by atoms with E-state index in [0.29, 0.717) is 5.75 Å². The van der Waals surface area contributed by atoms with Crippen molar-refractivity contribution in [2.75, 3.05) is 6.61 Å². The van der Waals surface area contributed by atoms with Crippen LogP contribution in [0.25, 0.3) is 10.6 Å². The number of rotatable bonds is 7. The number of carboxylic acids is 1. The van der Waals surface area contributed by atoms with E-state index in [0.717, 1.165) is 32.5 Å². The first-order valence-corrected chi connectivity index (χ1v) is 10.3. The minimum atomic E-state index is -0.974. The SMILES string of the molecule is Cc1ccc(-c2nc(C)c(CSc3ccc(OCC(=O)O)c(C)c3)s2)cc1. The highest BCUT2D eigenvalue weighted by atomic mass is 32.2. The summed E-state index contributed by atoms with van der Waals surface area (Å²) in [6, 6.07) is 14.3. The molecule has 0 amide bonds. The summed E-state index contributed by atoms with van der Waals surface area (Å²) in [5, 5.41) is 9.77. The van der Waals surface area contributed by atoms with E-state index in [-0.39, 0.29) is 6.61 Å². The highest BCUT2D eigenvalue weighted by Gasteiger charge is 2.11. The number of ether oxygens (including phenoxy) is 1. The quantitative estimate of drug-likeness (QED) is 0.532. The summed E-state index contributed by atoms with van der Waals surface area (Å²) in [6.07, 6.45) is 0. The van der Waals surface area contributed by atoms with Crippen LogP contribution in [0.5, 0.6) is 5.75 Å². The van der Waals surface area contributed by atoms with Crippen LogP contribution in [-0.2, 0) is 10.5 Å². The van der Waals surface area contributed by atoms with Gasteiger partial charge in [0, 0.05) is 21.1 Å². The minimum absolute atomic E-state index is 0.324. The van der Waals surface area contributed by atoms with Gasteiger partial charge >= 0.3 is 5.97 Å². The fourth-order valence-electron chi connectivity index (χ4n) is 2.54. The third-order valence-corrected chi connectivity index (χ3v) is 6.47. The first-order valence-electron chi connectivity index (χ1n) is 8.54. The third kappa shape index (κ3) is 5.11. The predicted molar refractivity (Wildman–Crippen MR) is 111 cm³/mol. The molecular formula is C21H21NO3S2. The zero-order valence-electron chi connectivity index (χ0n) is 15.5. The summed E-state index contributed by atoms with van der Waals surface area (Å²) in [5.41, 5.74) is 4.40. The fourth-order valence-corrected chi connectivity index (χ4v) is 4.75. The number of nitrogens with zero attached hydrogens (tertiary/aromatic N) is 1. The first kappa shape index (κ1) is 19.5. The van der Waals surface area contributed by atoms with E-state index < -0.39 is 5.97 Å². The first-order chi connectivity index (χ1) is 12.9. The number of carbonyl (C=O) groups is 1. The Morgan fingerprint density at radius 2 is 1.89 bits per heavy atom. The summed E-state index contributed by atoms with van der Waals surface area (Å²) in [4.78, 5) is 17.7. The number of hydrogen-bond acceptors (Lipinski definition) is 5. The van der Waals surface area contributed by atoms with Gasteiger partial charge in [-0.25, -0.2) is 9.78 Å². The van der Waals surface area contributed by atoms with Crippen LogP contribution in [0, 0.1) is 20.8 Å². The molecule has 3 aromatic rings. The Hall–Kier alpha value is -2.31. The number of aromatic nitrogens is 1. The number of aryl methyl sites for hydroxylation is 3. The van der Waals surface area contributed by atoms with Gasteiger partial charge in [-0.15, -0.1) is 23.1 Å². The molecule has 1 N–H and O–H groups in total. The number of thioether (sulfide) groups is 1. The molecule has 6 heteroatoms. The number of carboxylic acid groups (broad SMARTS) is 1. The molecule has 4 nitrogen and oxygen atoms in total. The molecule has 0 fully saturated rings. The van der Waals surface area contributed by atoms with E-state index in [1.165, 1.54) is 10.4 Å². The van der Waals surface area contributed by atoms with Crippen molar-refractivity contribution in [2.45, 2.75) is 31.4 Å². The molecule has 0 atom stereocenters. The van der Waals surface area contributed by atoms with Gasteiger partial charge in [0.1, 0.15) is 10.8 Å². The van der Waals surface area contributed by atoms with E-state index >= 15 is 0 Å². The Labute approximate surface area is 167 Å². The maximum absolute atomic E-state index is 10.6. The number of thiazole rings is 1. The van der Waals surface area contributed by atoms with E-state index in [9.17, 15) is 4.79 Å². The van der Waals surface area contributed by atoms with E-state index in [2.05, 4.69) is 38.1 Å². The van der Waals surface area contributed by atoms with Crippen molar-refractivity contribution in [3.63, 3.8) is 0 Å². The number of aliphatic carboxylic acids is 1. The average Bonchev–Trinajstić information content (AvgIpc) is 3.00. The zero-order valence-corrected chi connectivity index (χ0v) is 17.1. The average molecular weight is 400 g/mol. The van der Waals surface area contributed by atoms with Crippen molar-refractivity contribution in [1.29, 1.82) is 0 Å². The molecule has 140 valence electrons. The van der Waals surface area contributed by atoms with Crippen molar-refractivity contribution < 1.29 is 14.6 Å². The number of benzene rings is 2. The van der Waals surface area contributed by atoms with Gasteiger partial charge in [-0.05, 0) is 44.5 Å². The lowest BCUT2D eigenvalue weighted by Crippen LogP contribution is -2.09. The van der Waals surface area contributed by atoms with Crippen molar-refractivity contribution >= 4 is 29.1 Å². The van der Waals surface area contributed by atoms with Crippen LogP contribution in [-0.4, -0.2) is 22.7 Å². The van der Waals surface area contributed by atoms with Gasteiger partial charge in [0.2, 0.25) is 0 Å². The molecule has 0 unspecified atom stereocenters. The van der Waals surface area contributed by atoms with Gasteiger partial charge < -0.3 is 9.84 Å². The second-order valence-corrected chi connectivity index (χ2v) is 8.42.